The van der Waals surface area contributed by atoms with E-state index in [2.05, 4.69) is 24.3 Å². The molecule has 0 spiro atoms. The smallest absolute Gasteiger partial charge is 0.272 e. The van der Waals surface area contributed by atoms with E-state index in [-0.39, 0.29) is 11.9 Å². The second kappa shape index (κ2) is 5.96. The van der Waals surface area contributed by atoms with Crippen molar-refractivity contribution in [2.24, 2.45) is 0 Å². The van der Waals surface area contributed by atoms with Crippen LogP contribution in [0, 0.1) is 6.92 Å². The van der Waals surface area contributed by atoms with Crippen molar-refractivity contribution in [2.75, 3.05) is 6.61 Å². The molecule has 0 bridgehead atoms. The Bertz CT molecular complexity index is 685. The van der Waals surface area contributed by atoms with Gasteiger partial charge in [0.2, 0.25) is 0 Å². The molecule has 118 valence electrons. The number of nitrogens with zero attached hydrogens (tertiary/aromatic N) is 2. The van der Waals surface area contributed by atoms with Crippen LogP contribution in [0.25, 0.3) is 0 Å². The predicted molar refractivity (Wildman–Crippen MR) is 80.6 cm³/mol. The Labute approximate surface area is 129 Å². The lowest BCUT2D eigenvalue weighted by Crippen LogP contribution is -2.25. The summed E-state index contributed by atoms with van der Waals surface area (Å²) in [5.74, 6) is 1.38. The molecule has 0 aliphatic carbocycles. The van der Waals surface area contributed by atoms with E-state index in [0.717, 1.165) is 29.2 Å². The van der Waals surface area contributed by atoms with E-state index >= 15 is 0 Å². The van der Waals surface area contributed by atoms with Gasteiger partial charge >= 0.3 is 0 Å². The Morgan fingerprint density at radius 2 is 2.27 bits per heavy atom. The second-order valence-corrected chi connectivity index (χ2v) is 5.81. The number of amides is 1. The molecular formula is C16H21N3O3. The van der Waals surface area contributed by atoms with Gasteiger partial charge in [-0.1, -0.05) is 0 Å². The third-order valence-corrected chi connectivity index (χ3v) is 3.77. The van der Waals surface area contributed by atoms with E-state index < -0.39 is 0 Å². The maximum absolute atomic E-state index is 12.4. The first-order valence-electron chi connectivity index (χ1n) is 7.57. The molecule has 3 rings (SSSR count). The predicted octanol–water partition coefficient (Wildman–Crippen LogP) is 2.37. The average Bonchev–Trinajstić information content (AvgIpc) is 3.08. The molecule has 0 saturated carbocycles. The first-order valence-corrected chi connectivity index (χ1v) is 7.57. The van der Waals surface area contributed by atoms with Gasteiger partial charge in [0.15, 0.2) is 5.69 Å². The van der Waals surface area contributed by atoms with Crippen LogP contribution in [0.5, 0.6) is 0 Å². The molecule has 0 aromatic carbocycles. The maximum Gasteiger partial charge on any atom is 0.272 e. The number of hydrogen-bond acceptors (Lipinski definition) is 4. The molecule has 0 fully saturated rings. The van der Waals surface area contributed by atoms with Crippen LogP contribution in [0.3, 0.4) is 0 Å². The number of carbonyl (C=O) groups excluding carboxylic acids is 1. The minimum absolute atomic E-state index is 0.185. The molecule has 1 N–H and O–H groups in total. The molecule has 1 amide bonds. The topological polar surface area (TPSA) is 69.3 Å². The van der Waals surface area contributed by atoms with Crippen LogP contribution in [0.2, 0.25) is 0 Å². The standard InChI is InChI=1S/C16H21N3O3/c1-10(2)19-14-6-7-21-9-13(14)15(18-19)16(20)17-8-12-5-4-11(3)22-12/h4-5,10H,6-9H2,1-3H3,(H,17,20). The molecule has 2 aromatic rings. The van der Waals surface area contributed by atoms with Gasteiger partial charge in [-0.05, 0) is 32.9 Å². The van der Waals surface area contributed by atoms with Gasteiger partial charge in [-0.2, -0.15) is 5.10 Å². The molecule has 22 heavy (non-hydrogen) atoms. The zero-order valence-electron chi connectivity index (χ0n) is 13.2. The molecule has 0 radical (unpaired) electrons. The fourth-order valence-electron chi connectivity index (χ4n) is 2.70. The first kappa shape index (κ1) is 14.8. The summed E-state index contributed by atoms with van der Waals surface area (Å²) in [6.45, 7) is 7.50. The molecule has 6 heteroatoms. The number of nitrogens with one attached hydrogen (secondary N) is 1. The largest absolute Gasteiger partial charge is 0.465 e. The molecule has 6 nitrogen and oxygen atoms in total. The average molecular weight is 303 g/mol. The van der Waals surface area contributed by atoms with Crippen LogP contribution in [0.4, 0.5) is 0 Å². The maximum atomic E-state index is 12.4. The van der Waals surface area contributed by atoms with Gasteiger partial charge in [0.05, 0.1) is 19.8 Å². The van der Waals surface area contributed by atoms with E-state index in [1.165, 1.54) is 0 Å². The summed E-state index contributed by atoms with van der Waals surface area (Å²) in [5, 5.41) is 7.37. The van der Waals surface area contributed by atoms with Crippen molar-refractivity contribution in [3.63, 3.8) is 0 Å². The minimum atomic E-state index is -0.185. The molecule has 2 aromatic heterocycles. The summed E-state index contributed by atoms with van der Waals surface area (Å²) in [6.07, 6.45) is 0.797. The van der Waals surface area contributed by atoms with E-state index in [1.807, 2.05) is 23.7 Å². The zero-order chi connectivity index (χ0) is 15.7. The van der Waals surface area contributed by atoms with Crippen molar-refractivity contribution in [3.8, 4) is 0 Å². The van der Waals surface area contributed by atoms with Crippen LogP contribution in [0.1, 0.15) is 53.2 Å². The zero-order valence-corrected chi connectivity index (χ0v) is 13.2. The highest BCUT2D eigenvalue weighted by atomic mass is 16.5. The van der Waals surface area contributed by atoms with Gasteiger partial charge in [-0.15, -0.1) is 0 Å². The molecule has 0 saturated heterocycles. The van der Waals surface area contributed by atoms with Crippen molar-refractivity contribution in [2.45, 2.75) is 46.4 Å². The first-order chi connectivity index (χ1) is 10.6. The van der Waals surface area contributed by atoms with Gasteiger partial charge in [-0.25, -0.2) is 0 Å². The van der Waals surface area contributed by atoms with Crippen LogP contribution in [-0.4, -0.2) is 22.3 Å². The van der Waals surface area contributed by atoms with Gasteiger partial charge in [0, 0.05) is 23.7 Å². The lowest BCUT2D eigenvalue weighted by atomic mass is 10.1. The number of ether oxygens (including phenoxy) is 1. The highest BCUT2D eigenvalue weighted by Crippen LogP contribution is 2.23. The molecule has 3 heterocycles. The molecular weight excluding hydrogens is 282 g/mol. The highest BCUT2D eigenvalue weighted by molar-refractivity contribution is 5.94. The lowest BCUT2D eigenvalue weighted by molar-refractivity contribution is 0.0920. The number of rotatable bonds is 4. The normalized spacial score (nSPS) is 14.2. The second-order valence-electron chi connectivity index (χ2n) is 5.81. The summed E-state index contributed by atoms with van der Waals surface area (Å²) < 4.78 is 12.9. The van der Waals surface area contributed by atoms with Crippen molar-refractivity contribution in [1.82, 2.24) is 15.1 Å². The van der Waals surface area contributed by atoms with Gasteiger partial charge in [0.25, 0.3) is 5.91 Å². The number of carbonyl (C=O) groups is 1. The van der Waals surface area contributed by atoms with Gasteiger partial charge in [-0.3, -0.25) is 9.48 Å². The lowest BCUT2D eigenvalue weighted by Gasteiger charge is -2.16. The van der Waals surface area contributed by atoms with Gasteiger partial charge < -0.3 is 14.5 Å². The summed E-state index contributed by atoms with van der Waals surface area (Å²) in [4.78, 5) is 12.4. The Morgan fingerprint density at radius 1 is 1.45 bits per heavy atom. The molecule has 1 aliphatic heterocycles. The Hall–Kier alpha value is -2.08. The Balaban J connectivity index is 1.80. The third-order valence-electron chi connectivity index (χ3n) is 3.77. The summed E-state index contributed by atoms with van der Waals surface area (Å²) in [7, 11) is 0. The minimum Gasteiger partial charge on any atom is -0.465 e. The molecule has 0 unspecified atom stereocenters. The molecule has 1 aliphatic rings. The SMILES string of the molecule is Cc1ccc(CNC(=O)c2nn(C(C)C)c3c2COCC3)o1. The van der Waals surface area contributed by atoms with Crippen molar-refractivity contribution >= 4 is 5.91 Å². The highest BCUT2D eigenvalue weighted by Gasteiger charge is 2.26. The number of aromatic nitrogens is 2. The van der Waals surface area contributed by atoms with Crippen LogP contribution < -0.4 is 5.32 Å². The van der Waals surface area contributed by atoms with Crippen molar-refractivity contribution in [3.05, 3.63) is 40.6 Å². The Morgan fingerprint density at radius 3 is 2.95 bits per heavy atom. The van der Waals surface area contributed by atoms with E-state index in [1.54, 1.807) is 0 Å². The fourth-order valence-corrected chi connectivity index (χ4v) is 2.70. The van der Waals surface area contributed by atoms with E-state index in [9.17, 15) is 4.79 Å². The monoisotopic (exact) mass is 303 g/mol. The van der Waals surface area contributed by atoms with Crippen LogP contribution in [0.15, 0.2) is 16.5 Å². The quantitative estimate of drug-likeness (QED) is 0.941. The number of furan rings is 1. The number of aryl methyl sites for hydroxylation is 1. The van der Waals surface area contributed by atoms with Crippen molar-refractivity contribution in [1.29, 1.82) is 0 Å². The fraction of sp³-hybridized carbons (Fsp3) is 0.500. The molecule has 0 atom stereocenters. The Kier molecular flexibility index (Phi) is 4.02. The summed E-state index contributed by atoms with van der Waals surface area (Å²) >= 11 is 0. The van der Waals surface area contributed by atoms with E-state index in [4.69, 9.17) is 9.15 Å². The van der Waals surface area contributed by atoms with Gasteiger partial charge in [0.1, 0.15) is 11.5 Å². The number of fused-ring (bicyclic) bond motifs is 1. The van der Waals surface area contributed by atoms with Crippen LogP contribution >= 0.6 is 0 Å². The summed E-state index contributed by atoms with van der Waals surface area (Å²) in [5.41, 5.74) is 2.49. The third kappa shape index (κ3) is 2.78. The van der Waals surface area contributed by atoms with Crippen molar-refractivity contribution < 1.29 is 13.9 Å². The van der Waals surface area contributed by atoms with Crippen LogP contribution in [-0.2, 0) is 24.3 Å². The number of hydrogen-bond donors (Lipinski definition) is 1. The summed E-state index contributed by atoms with van der Waals surface area (Å²) in [6, 6.07) is 3.96. The van der Waals surface area contributed by atoms with E-state index in [0.29, 0.717) is 25.5 Å².